The van der Waals surface area contributed by atoms with Crippen LogP contribution >= 0.6 is 11.8 Å². The molecule has 6 heteroatoms. The van der Waals surface area contributed by atoms with Crippen molar-refractivity contribution in [2.45, 2.75) is 44.0 Å². The summed E-state index contributed by atoms with van der Waals surface area (Å²) in [5.41, 5.74) is 0.611. The number of hydrogen-bond donors (Lipinski definition) is 3. The molecule has 2 unspecified atom stereocenters. The van der Waals surface area contributed by atoms with Gasteiger partial charge in [-0.1, -0.05) is 19.1 Å². The number of nitrogens with one attached hydrogen (secondary N) is 2. The summed E-state index contributed by atoms with van der Waals surface area (Å²) < 4.78 is 5.18. The summed E-state index contributed by atoms with van der Waals surface area (Å²) in [5.74, 6) is 2.69. The number of methoxy groups -OCH3 is 1. The normalized spacial score (nSPS) is 23.0. The minimum absolute atomic E-state index is 0.323. The summed E-state index contributed by atoms with van der Waals surface area (Å²) in [6.07, 6.45) is 2.85. The van der Waals surface area contributed by atoms with Crippen molar-refractivity contribution in [3.63, 3.8) is 0 Å². The van der Waals surface area contributed by atoms with E-state index in [-0.39, 0.29) is 0 Å². The van der Waals surface area contributed by atoms with Crippen LogP contribution in [0.15, 0.2) is 29.3 Å². The van der Waals surface area contributed by atoms with Crippen LogP contribution in [-0.4, -0.2) is 54.4 Å². The molecule has 1 aliphatic carbocycles. The van der Waals surface area contributed by atoms with Gasteiger partial charge in [-0.25, -0.2) is 0 Å². The third-order valence-electron chi connectivity index (χ3n) is 4.53. The molecule has 1 fully saturated rings. The number of aliphatic imine (C=N–C) groups is 1. The van der Waals surface area contributed by atoms with Crippen LogP contribution in [0.25, 0.3) is 0 Å². The van der Waals surface area contributed by atoms with Gasteiger partial charge in [-0.3, -0.25) is 4.99 Å². The van der Waals surface area contributed by atoms with Gasteiger partial charge in [-0.05, 0) is 49.6 Å². The fourth-order valence-electron chi connectivity index (χ4n) is 2.89. The van der Waals surface area contributed by atoms with Gasteiger partial charge in [0.25, 0.3) is 0 Å². The van der Waals surface area contributed by atoms with E-state index in [1.165, 1.54) is 5.56 Å². The molecule has 2 rings (SSSR count). The molecule has 5 nitrogen and oxygen atoms in total. The van der Waals surface area contributed by atoms with Crippen LogP contribution in [0.3, 0.4) is 0 Å². The predicted molar refractivity (Wildman–Crippen MR) is 107 cm³/mol. The van der Waals surface area contributed by atoms with E-state index in [1.807, 2.05) is 23.9 Å². The molecule has 0 amide bonds. The SMILES string of the molecule is CCNC(=NCC1(O)CCC1SCC)NCCc1ccc(OC)cc1. The first kappa shape index (κ1) is 19.9. The van der Waals surface area contributed by atoms with Gasteiger partial charge >= 0.3 is 0 Å². The molecule has 0 saturated heterocycles. The topological polar surface area (TPSA) is 65.9 Å². The fraction of sp³-hybridized carbons (Fsp3) is 0.632. The fourth-order valence-corrected chi connectivity index (χ4v) is 4.08. The third kappa shape index (κ3) is 5.82. The summed E-state index contributed by atoms with van der Waals surface area (Å²) in [5, 5.41) is 17.6. The molecular weight excluding hydrogens is 334 g/mol. The molecule has 1 aromatic carbocycles. The Morgan fingerprint density at radius 3 is 2.64 bits per heavy atom. The van der Waals surface area contributed by atoms with Gasteiger partial charge in [0.15, 0.2) is 5.96 Å². The maximum Gasteiger partial charge on any atom is 0.191 e. The average molecular weight is 366 g/mol. The van der Waals surface area contributed by atoms with Crippen molar-refractivity contribution in [1.82, 2.24) is 10.6 Å². The minimum Gasteiger partial charge on any atom is -0.497 e. The quantitative estimate of drug-likeness (QED) is 0.463. The van der Waals surface area contributed by atoms with Crippen molar-refractivity contribution in [2.24, 2.45) is 4.99 Å². The van der Waals surface area contributed by atoms with Gasteiger partial charge in [0, 0.05) is 18.3 Å². The van der Waals surface area contributed by atoms with E-state index in [0.717, 1.165) is 49.8 Å². The van der Waals surface area contributed by atoms with Crippen LogP contribution in [0.4, 0.5) is 0 Å². The van der Waals surface area contributed by atoms with Crippen LogP contribution < -0.4 is 15.4 Å². The lowest BCUT2D eigenvalue weighted by Crippen LogP contribution is -2.53. The molecule has 0 aliphatic heterocycles. The van der Waals surface area contributed by atoms with Gasteiger partial charge in [-0.15, -0.1) is 0 Å². The first-order valence-corrected chi connectivity index (χ1v) is 10.1. The number of hydrogen-bond acceptors (Lipinski definition) is 4. The summed E-state index contributed by atoms with van der Waals surface area (Å²) in [6.45, 7) is 6.25. The van der Waals surface area contributed by atoms with Crippen LogP contribution in [0.2, 0.25) is 0 Å². The second kappa shape index (κ2) is 9.92. The van der Waals surface area contributed by atoms with Crippen LogP contribution in [0.1, 0.15) is 32.3 Å². The maximum atomic E-state index is 10.7. The summed E-state index contributed by atoms with van der Waals surface area (Å²) in [7, 11) is 1.68. The van der Waals surface area contributed by atoms with Crippen molar-refractivity contribution < 1.29 is 9.84 Å². The molecule has 1 aromatic rings. The van der Waals surface area contributed by atoms with E-state index in [2.05, 4.69) is 41.6 Å². The first-order chi connectivity index (χ1) is 12.1. The Bertz CT molecular complexity index is 550. The highest BCUT2D eigenvalue weighted by Crippen LogP contribution is 2.41. The smallest absolute Gasteiger partial charge is 0.191 e. The Morgan fingerprint density at radius 1 is 1.32 bits per heavy atom. The Morgan fingerprint density at radius 2 is 2.08 bits per heavy atom. The summed E-state index contributed by atoms with van der Waals surface area (Å²) in [6, 6.07) is 8.11. The Hall–Kier alpha value is -1.40. The standard InChI is InChI=1S/C19H31N3O2S/c1-4-20-18(22-14-19(23)12-10-17(19)25-5-2)21-13-11-15-6-8-16(24-3)9-7-15/h6-9,17,23H,4-5,10-14H2,1-3H3,(H2,20,21,22). The van der Waals surface area contributed by atoms with Crippen LogP contribution in [-0.2, 0) is 6.42 Å². The highest BCUT2D eigenvalue weighted by molar-refractivity contribution is 8.00. The van der Waals surface area contributed by atoms with Crippen LogP contribution in [0.5, 0.6) is 5.75 Å². The molecule has 2 atom stereocenters. The zero-order valence-corrected chi connectivity index (χ0v) is 16.4. The highest BCUT2D eigenvalue weighted by atomic mass is 32.2. The van der Waals surface area contributed by atoms with Crippen molar-refractivity contribution in [2.75, 3.05) is 32.5 Å². The van der Waals surface area contributed by atoms with Crippen molar-refractivity contribution in [1.29, 1.82) is 0 Å². The largest absolute Gasteiger partial charge is 0.497 e. The predicted octanol–water partition coefficient (Wildman–Crippen LogP) is 2.44. The highest BCUT2D eigenvalue weighted by Gasteiger charge is 2.45. The maximum absolute atomic E-state index is 10.7. The number of benzene rings is 1. The number of nitrogens with zero attached hydrogens (tertiary/aromatic N) is 1. The summed E-state index contributed by atoms with van der Waals surface area (Å²) in [4.78, 5) is 4.61. The molecule has 0 heterocycles. The molecule has 1 saturated carbocycles. The van der Waals surface area contributed by atoms with E-state index in [9.17, 15) is 5.11 Å². The van der Waals surface area contributed by atoms with Crippen molar-refractivity contribution in [3.05, 3.63) is 29.8 Å². The van der Waals surface area contributed by atoms with E-state index in [0.29, 0.717) is 11.8 Å². The Balaban J connectivity index is 1.82. The van der Waals surface area contributed by atoms with E-state index in [4.69, 9.17) is 4.74 Å². The van der Waals surface area contributed by atoms with E-state index >= 15 is 0 Å². The second-order valence-electron chi connectivity index (χ2n) is 6.31. The van der Waals surface area contributed by atoms with Gasteiger partial charge < -0.3 is 20.5 Å². The summed E-state index contributed by atoms with van der Waals surface area (Å²) >= 11 is 1.84. The van der Waals surface area contributed by atoms with E-state index < -0.39 is 5.60 Å². The Kier molecular flexibility index (Phi) is 7.90. The molecule has 0 aromatic heterocycles. The van der Waals surface area contributed by atoms with Crippen molar-refractivity contribution >= 4 is 17.7 Å². The lowest BCUT2D eigenvalue weighted by atomic mass is 9.79. The Labute approximate surface area is 155 Å². The number of thioether (sulfide) groups is 1. The minimum atomic E-state index is -0.640. The molecular formula is C19H31N3O2S. The molecule has 1 aliphatic rings. The van der Waals surface area contributed by atoms with Gasteiger partial charge in [0.05, 0.1) is 19.3 Å². The van der Waals surface area contributed by atoms with Gasteiger partial charge in [-0.2, -0.15) is 11.8 Å². The molecule has 0 bridgehead atoms. The van der Waals surface area contributed by atoms with Crippen molar-refractivity contribution in [3.8, 4) is 5.75 Å². The molecule has 140 valence electrons. The number of guanidine groups is 1. The zero-order valence-electron chi connectivity index (χ0n) is 15.5. The molecule has 0 radical (unpaired) electrons. The number of aliphatic hydroxyl groups is 1. The molecule has 25 heavy (non-hydrogen) atoms. The lowest BCUT2D eigenvalue weighted by Gasteiger charge is -2.44. The lowest BCUT2D eigenvalue weighted by molar-refractivity contribution is -0.0154. The molecule has 0 spiro atoms. The third-order valence-corrected chi connectivity index (χ3v) is 5.94. The number of ether oxygens (including phenoxy) is 1. The number of rotatable bonds is 9. The average Bonchev–Trinajstić information content (AvgIpc) is 2.63. The monoisotopic (exact) mass is 365 g/mol. The molecule has 3 N–H and O–H groups in total. The van der Waals surface area contributed by atoms with Gasteiger partial charge in [0.1, 0.15) is 5.75 Å². The second-order valence-corrected chi connectivity index (χ2v) is 7.79. The van der Waals surface area contributed by atoms with Gasteiger partial charge in [0.2, 0.25) is 0 Å². The van der Waals surface area contributed by atoms with Crippen LogP contribution in [0, 0.1) is 0 Å². The zero-order chi connectivity index (χ0) is 18.1. The van der Waals surface area contributed by atoms with E-state index in [1.54, 1.807) is 7.11 Å². The first-order valence-electron chi connectivity index (χ1n) is 9.10.